The molecule has 0 aromatic heterocycles. The number of carboxylic acid groups (broad SMARTS) is 1. The Bertz CT molecular complexity index is 574. The number of rotatable bonds is 4. The fourth-order valence-electron chi connectivity index (χ4n) is 1.97. The van der Waals surface area contributed by atoms with Crippen LogP contribution in [0.15, 0.2) is 24.3 Å². The van der Waals surface area contributed by atoms with Crippen molar-refractivity contribution in [2.75, 3.05) is 6.61 Å². The molecule has 0 fully saturated rings. The number of carbonyl (C=O) groups excluding carboxylic acids is 4. The summed E-state index contributed by atoms with van der Waals surface area (Å²) in [6.45, 7) is 1.40. The molecule has 104 valence electrons. The number of ether oxygens (including phenoxy) is 1. The van der Waals surface area contributed by atoms with Gasteiger partial charge in [-0.25, -0.2) is 4.79 Å². The summed E-state index contributed by atoms with van der Waals surface area (Å²) in [4.78, 5) is 47.2. The quantitative estimate of drug-likeness (QED) is 0.395. The molecular formula is C13H10NO6-. The van der Waals surface area contributed by atoms with Gasteiger partial charge in [0.1, 0.15) is 0 Å². The van der Waals surface area contributed by atoms with Crippen LogP contribution in [-0.4, -0.2) is 41.3 Å². The highest BCUT2D eigenvalue weighted by Gasteiger charge is 2.44. The molecule has 1 atom stereocenters. The predicted octanol–water partition coefficient (Wildman–Crippen LogP) is -1.04. The summed E-state index contributed by atoms with van der Waals surface area (Å²) in [7, 11) is 0. The molecule has 1 aromatic carbocycles. The Kier molecular flexibility index (Phi) is 3.51. The summed E-state index contributed by atoms with van der Waals surface area (Å²) in [6.07, 6.45) is 0. The van der Waals surface area contributed by atoms with Gasteiger partial charge >= 0.3 is 5.97 Å². The number of carbonyl (C=O) groups is 4. The molecule has 2 amide bonds. The molecule has 0 saturated heterocycles. The highest BCUT2D eigenvalue weighted by Crippen LogP contribution is 2.24. The van der Waals surface area contributed by atoms with E-state index in [-0.39, 0.29) is 17.7 Å². The van der Waals surface area contributed by atoms with Crippen molar-refractivity contribution in [3.63, 3.8) is 0 Å². The van der Waals surface area contributed by atoms with Crippen molar-refractivity contribution in [1.82, 2.24) is 4.90 Å². The fourth-order valence-corrected chi connectivity index (χ4v) is 1.97. The molecule has 1 aliphatic rings. The van der Waals surface area contributed by atoms with Gasteiger partial charge in [0.25, 0.3) is 11.8 Å². The second kappa shape index (κ2) is 5.12. The number of amides is 2. The van der Waals surface area contributed by atoms with Crippen molar-refractivity contribution in [3.8, 4) is 0 Å². The Hall–Kier alpha value is -2.70. The Morgan fingerprint density at radius 2 is 1.70 bits per heavy atom. The number of benzene rings is 1. The molecule has 2 rings (SSSR count). The number of aliphatic carboxylic acids is 1. The van der Waals surface area contributed by atoms with Crippen LogP contribution in [0.3, 0.4) is 0 Å². The van der Waals surface area contributed by atoms with E-state index in [0.717, 1.165) is 0 Å². The lowest BCUT2D eigenvalue weighted by atomic mass is 10.1. The van der Waals surface area contributed by atoms with E-state index in [9.17, 15) is 24.3 Å². The van der Waals surface area contributed by atoms with E-state index in [1.807, 2.05) is 0 Å². The zero-order chi connectivity index (χ0) is 14.9. The average Bonchev–Trinajstić information content (AvgIpc) is 2.65. The van der Waals surface area contributed by atoms with E-state index in [1.54, 1.807) is 0 Å². The average molecular weight is 276 g/mol. The lowest BCUT2D eigenvalue weighted by Gasteiger charge is -2.24. The van der Waals surface area contributed by atoms with Crippen LogP contribution in [0.1, 0.15) is 27.6 Å². The molecular weight excluding hydrogens is 266 g/mol. The summed E-state index contributed by atoms with van der Waals surface area (Å²) in [6, 6.07) is 3.75. The smallest absolute Gasteiger partial charge is 0.335 e. The van der Waals surface area contributed by atoms with Crippen LogP contribution in [0.5, 0.6) is 0 Å². The zero-order valence-electron chi connectivity index (χ0n) is 10.5. The van der Waals surface area contributed by atoms with E-state index in [1.165, 1.54) is 31.2 Å². The second-order valence-electron chi connectivity index (χ2n) is 4.00. The van der Waals surface area contributed by atoms with Gasteiger partial charge in [-0.2, -0.15) is 0 Å². The van der Waals surface area contributed by atoms with Gasteiger partial charge in [-0.05, 0) is 19.1 Å². The van der Waals surface area contributed by atoms with Crippen LogP contribution in [0.2, 0.25) is 0 Å². The first-order valence-corrected chi connectivity index (χ1v) is 5.83. The Balaban J connectivity index is 2.42. The van der Waals surface area contributed by atoms with Gasteiger partial charge in [0.05, 0.1) is 23.7 Å². The summed E-state index contributed by atoms with van der Waals surface area (Å²) in [5.74, 6) is -4.78. The Morgan fingerprint density at radius 1 is 1.20 bits per heavy atom. The van der Waals surface area contributed by atoms with Crippen LogP contribution in [-0.2, 0) is 14.3 Å². The third-order valence-corrected chi connectivity index (χ3v) is 2.82. The molecule has 1 aliphatic heterocycles. The Morgan fingerprint density at radius 3 is 2.10 bits per heavy atom. The van der Waals surface area contributed by atoms with Crippen LogP contribution < -0.4 is 5.11 Å². The van der Waals surface area contributed by atoms with Gasteiger partial charge in [-0.15, -0.1) is 0 Å². The maximum atomic E-state index is 12.1. The van der Waals surface area contributed by atoms with Gasteiger partial charge in [0, 0.05) is 0 Å². The lowest BCUT2D eigenvalue weighted by Crippen LogP contribution is -2.55. The molecule has 0 N–H and O–H groups in total. The van der Waals surface area contributed by atoms with Crippen molar-refractivity contribution in [2.45, 2.75) is 13.0 Å². The number of hydrogen-bond donors (Lipinski definition) is 0. The monoisotopic (exact) mass is 276 g/mol. The highest BCUT2D eigenvalue weighted by atomic mass is 16.5. The van der Waals surface area contributed by atoms with E-state index in [2.05, 4.69) is 4.74 Å². The summed E-state index contributed by atoms with van der Waals surface area (Å²) in [5, 5.41) is 11.1. The normalized spacial score (nSPS) is 14.9. The number of imide groups is 1. The lowest BCUT2D eigenvalue weighted by molar-refractivity contribution is -0.309. The molecule has 0 aliphatic carbocycles. The fraction of sp³-hybridized carbons (Fsp3) is 0.231. The van der Waals surface area contributed by atoms with Gasteiger partial charge in [-0.1, -0.05) is 12.1 Å². The number of fused-ring (bicyclic) bond motifs is 1. The van der Waals surface area contributed by atoms with E-state index in [4.69, 9.17) is 0 Å². The molecule has 7 heteroatoms. The SMILES string of the molecule is CCOC(=O)C(C(=O)[O-])N1C(=O)c2ccccc2C1=O. The van der Waals surface area contributed by atoms with E-state index in [0.29, 0.717) is 4.90 Å². The topological polar surface area (TPSA) is 104 Å². The molecule has 0 spiro atoms. The molecule has 1 heterocycles. The highest BCUT2D eigenvalue weighted by molar-refractivity contribution is 6.24. The van der Waals surface area contributed by atoms with Crippen LogP contribution >= 0.6 is 0 Å². The molecule has 20 heavy (non-hydrogen) atoms. The maximum absolute atomic E-state index is 12.1. The first-order chi connectivity index (χ1) is 9.49. The first-order valence-electron chi connectivity index (χ1n) is 5.83. The molecule has 7 nitrogen and oxygen atoms in total. The number of esters is 1. The minimum absolute atomic E-state index is 0.0491. The van der Waals surface area contributed by atoms with Crippen molar-refractivity contribution >= 4 is 23.8 Å². The van der Waals surface area contributed by atoms with Crippen LogP contribution in [0.25, 0.3) is 0 Å². The van der Waals surface area contributed by atoms with Crippen LogP contribution in [0, 0.1) is 0 Å². The second-order valence-corrected chi connectivity index (χ2v) is 4.00. The summed E-state index contributed by atoms with van der Waals surface area (Å²) < 4.78 is 4.57. The summed E-state index contributed by atoms with van der Waals surface area (Å²) in [5.41, 5.74) is 0.0982. The molecule has 1 aromatic rings. The molecule has 0 bridgehead atoms. The zero-order valence-corrected chi connectivity index (χ0v) is 10.5. The third-order valence-electron chi connectivity index (χ3n) is 2.82. The van der Waals surface area contributed by atoms with E-state index >= 15 is 0 Å². The number of nitrogens with zero attached hydrogens (tertiary/aromatic N) is 1. The standard InChI is InChI=1S/C13H11NO6/c1-2-20-13(19)9(12(17)18)14-10(15)7-5-3-4-6-8(7)11(14)16/h3-6,9H,2H2,1H3,(H,17,18)/p-1. The molecule has 0 saturated carbocycles. The van der Waals surface area contributed by atoms with E-state index < -0.39 is 29.8 Å². The van der Waals surface area contributed by atoms with Crippen molar-refractivity contribution < 1.29 is 29.0 Å². The van der Waals surface area contributed by atoms with Gasteiger partial charge < -0.3 is 14.6 Å². The largest absolute Gasteiger partial charge is 0.547 e. The van der Waals surface area contributed by atoms with Gasteiger partial charge in [0.2, 0.25) is 0 Å². The van der Waals surface area contributed by atoms with Gasteiger partial charge in [0.15, 0.2) is 6.04 Å². The third kappa shape index (κ3) is 2.03. The van der Waals surface area contributed by atoms with Crippen molar-refractivity contribution in [1.29, 1.82) is 0 Å². The minimum atomic E-state index is -2.08. The maximum Gasteiger partial charge on any atom is 0.335 e. The Labute approximate surface area is 113 Å². The van der Waals surface area contributed by atoms with Gasteiger partial charge in [-0.3, -0.25) is 14.5 Å². The predicted molar refractivity (Wildman–Crippen MR) is 62.4 cm³/mol. The van der Waals surface area contributed by atoms with Crippen molar-refractivity contribution in [2.24, 2.45) is 0 Å². The van der Waals surface area contributed by atoms with Crippen molar-refractivity contribution in [3.05, 3.63) is 35.4 Å². The number of hydrogen-bond acceptors (Lipinski definition) is 6. The number of carboxylic acids is 1. The summed E-state index contributed by atoms with van der Waals surface area (Å²) >= 11 is 0. The molecule has 0 radical (unpaired) electrons. The molecule has 1 unspecified atom stereocenters. The minimum Gasteiger partial charge on any atom is -0.547 e. The first kappa shape index (κ1) is 13.7. The van der Waals surface area contributed by atoms with Crippen LogP contribution in [0.4, 0.5) is 0 Å².